The van der Waals surface area contributed by atoms with Gasteiger partial charge in [-0.05, 0) is 38.5 Å². The van der Waals surface area contributed by atoms with Gasteiger partial charge in [0.15, 0.2) is 5.78 Å². The van der Waals surface area contributed by atoms with Gasteiger partial charge in [-0.1, -0.05) is 43.7 Å². The number of amides is 2. The van der Waals surface area contributed by atoms with Crippen LogP contribution in [0.1, 0.15) is 55.6 Å². The summed E-state index contributed by atoms with van der Waals surface area (Å²) in [6.45, 7) is 5.02. The number of ether oxygens (including phenoxy) is 1. The lowest BCUT2D eigenvalue weighted by Crippen LogP contribution is -2.56. The molecule has 7 nitrogen and oxygen atoms in total. The third-order valence-corrected chi connectivity index (χ3v) is 6.69. The van der Waals surface area contributed by atoms with Crippen molar-refractivity contribution in [2.45, 2.75) is 45.2 Å². The van der Waals surface area contributed by atoms with Gasteiger partial charge in [0, 0.05) is 17.2 Å². The van der Waals surface area contributed by atoms with E-state index >= 15 is 0 Å². The molecule has 2 saturated heterocycles. The molecule has 0 bridgehead atoms. The summed E-state index contributed by atoms with van der Waals surface area (Å²) in [5.41, 5.74) is -0.676. The van der Waals surface area contributed by atoms with Crippen molar-refractivity contribution < 1.29 is 28.3 Å². The number of hydrogen-bond donors (Lipinski definition) is 1. The predicted octanol–water partition coefficient (Wildman–Crippen LogP) is 3.58. The number of halogens is 1. The number of nitrogens with one attached hydrogen (secondary N) is 1. The van der Waals surface area contributed by atoms with Gasteiger partial charge in [-0.15, -0.1) is 0 Å². The lowest BCUT2D eigenvalue weighted by atomic mass is 9.77. The van der Waals surface area contributed by atoms with Crippen molar-refractivity contribution in [3.8, 4) is 0 Å². The van der Waals surface area contributed by atoms with Crippen LogP contribution in [0.3, 0.4) is 0 Å². The number of nitrogens with zero attached hydrogens (tertiary/aromatic N) is 1. The topological polar surface area (TPSA) is 92.8 Å². The average Bonchev–Trinajstić information content (AvgIpc) is 3.29. The molecular formula is C26H27FN2O5. The Morgan fingerprint density at radius 1 is 1.09 bits per heavy atom. The summed E-state index contributed by atoms with van der Waals surface area (Å²) in [5, 5.41) is 3.17. The van der Waals surface area contributed by atoms with Crippen LogP contribution in [0, 0.1) is 17.7 Å². The van der Waals surface area contributed by atoms with Crippen molar-refractivity contribution in [1.82, 2.24) is 5.32 Å². The number of fused-ring (bicyclic) bond motifs is 1. The summed E-state index contributed by atoms with van der Waals surface area (Å²) in [6, 6.07) is 11.4. The van der Waals surface area contributed by atoms with Crippen LogP contribution in [0.2, 0.25) is 0 Å². The van der Waals surface area contributed by atoms with Crippen LogP contribution < -0.4 is 10.2 Å². The second-order valence-electron chi connectivity index (χ2n) is 8.71. The van der Waals surface area contributed by atoms with Gasteiger partial charge in [0.2, 0.25) is 11.8 Å². The van der Waals surface area contributed by atoms with E-state index in [1.807, 2.05) is 6.92 Å². The number of esters is 1. The highest BCUT2D eigenvalue weighted by atomic mass is 19.1. The first-order chi connectivity index (χ1) is 16.3. The van der Waals surface area contributed by atoms with E-state index in [0.29, 0.717) is 12.0 Å². The Balaban J connectivity index is 1.88. The number of rotatable bonds is 7. The van der Waals surface area contributed by atoms with Gasteiger partial charge in [0.25, 0.3) is 0 Å². The Kier molecular flexibility index (Phi) is 6.36. The van der Waals surface area contributed by atoms with Crippen LogP contribution in [0.15, 0.2) is 48.5 Å². The summed E-state index contributed by atoms with van der Waals surface area (Å²) >= 11 is 0. The Morgan fingerprint density at radius 2 is 1.82 bits per heavy atom. The van der Waals surface area contributed by atoms with E-state index < -0.39 is 47.0 Å². The highest BCUT2D eigenvalue weighted by Crippen LogP contribution is 2.52. The van der Waals surface area contributed by atoms with Gasteiger partial charge in [0.1, 0.15) is 11.4 Å². The first-order valence-electron chi connectivity index (χ1n) is 11.4. The number of Topliss-reactive ketones (excluding diaryl/α,β-unsaturated/α-hetero) is 1. The molecule has 8 heteroatoms. The van der Waals surface area contributed by atoms with Crippen LogP contribution >= 0.6 is 0 Å². The number of carbonyl (C=O) groups excluding carboxylic acids is 4. The SMILES string of the molecule is CCC[C@]1(C(=O)OCC)N[C@@H](c2ccccc2F)[C@H]2C(=O)N(c3cccc(C(C)=O)c3)C(=O)[C@@H]21. The van der Waals surface area contributed by atoms with Crippen LogP contribution in [-0.2, 0) is 19.1 Å². The van der Waals surface area contributed by atoms with Crippen molar-refractivity contribution in [2.75, 3.05) is 11.5 Å². The number of hydrogen-bond acceptors (Lipinski definition) is 6. The standard InChI is InChI=1S/C26H27FN2O5/c1-4-13-26(25(33)34-5-2)21-20(22(28-26)18-11-6-7-12-19(18)27)23(31)29(24(21)32)17-10-8-9-16(14-17)15(3)30/h6-12,14,20-22,28H,4-5,13H2,1-3H3/t20-,21+,22-,26-/m0/s1. The lowest BCUT2D eigenvalue weighted by Gasteiger charge is -2.32. The number of carbonyl (C=O) groups is 4. The second kappa shape index (κ2) is 9.10. The summed E-state index contributed by atoms with van der Waals surface area (Å²) in [4.78, 5) is 53.8. The molecule has 34 heavy (non-hydrogen) atoms. The van der Waals surface area contributed by atoms with Crippen molar-refractivity contribution in [3.63, 3.8) is 0 Å². The fraction of sp³-hybridized carbons (Fsp3) is 0.385. The molecule has 2 fully saturated rings. The quantitative estimate of drug-likeness (QED) is 0.381. The molecule has 4 rings (SSSR count). The molecule has 0 radical (unpaired) electrons. The van der Waals surface area contributed by atoms with E-state index in [1.54, 1.807) is 37.3 Å². The highest BCUT2D eigenvalue weighted by Gasteiger charge is 2.68. The summed E-state index contributed by atoms with van der Waals surface area (Å²) in [5.74, 6) is -4.58. The van der Waals surface area contributed by atoms with Crippen LogP contribution in [0.4, 0.5) is 10.1 Å². The fourth-order valence-electron chi connectivity index (χ4n) is 5.29. The van der Waals surface area contributed by atoms with E-state index in [-0.39, 0.29) is 30.1 Å². The molecule has 0 aliphatic carbocycles. The minimum absolute atomic E-state index is 0.0975. The molecule has 0 spiro atoms. The van der Waals surface area contributed by atoms with E-state index in [1.165, 1.54) is 25.1 Å². The Labute approximate surface area is 197 Å². The Bertz CT molecular complexity index is 1170. The molecule has 2 amide bonds. The summed E-state index contributed by atoms with van der Waals surface area (Å²) in [6.07, 6.45) is 0.763. The number of anilines is 1. The summed E-state index contributed by atoms with van der Waals surface area (Å²) < 4.78 is 20.2. The predicted molar refractivity (Wildman–Crippen MR) is 122 cm³/mol. The molecule has 2 aliphatic rings. The molecule has 2 aromatic carbocycles. The van der Waals surface area contributed by atoms with Gasteiger partial charge in [-0.3, -0.25) is 24.5 Å². The van der Waals surface area contributed by atoms with Crippen LogP contribution in [0.5, 0.6) is 0 Å². The minimum Gasteiger partial charge on any atom is -0.465 e. The Morgan fingerprint density at radius 3 is 2.47 bits per heavy atom. The van der Waals surface area contributed by atoms with Crippen LogP contribution in [-0.4, -0.2) is 35.7 Å². The maximum Gasteiger partial charge on any atom is 0.327 e. The average molecular weight is 467 g/mol. The number of benzene rings is 2. The van der Waals surface area contributed by atoms with E-state index in [2.05, 4.69) is 5.32 Å². The lowest BCUT2D eigenvalue weighted by molar-refractivity contribution is -0.155. The molecule has 178 valence electrons. The zero-order valence-electron chi connectivity index (χ0n) is 19.3. The van der Waals surface area contributed by atoms with E-state index in [9.17, 15) is 23.6 Å². The van der Waals surface area contributed by atoms with Crippen LogP contribution in [0.25, 0.3) is 0 Å². The maximum atomic E-state index is 14.9. The zero-order valence-corrected chi connectivity index (χ0v) is 19.3. The molecular weight excluding hydrogens is 439 g/mol. The van der Waals surface area contributed by atoms with Gasteiger partial charge >= 0.3 is 5.97 Å². The molecule has 2 aliphatic heterocycles. The van der Waals surface area contributed by atoms with Gasteiger partial charge < -0.3 is 4.74 Å². The van der Waals surface area contributed by atoms with Crippen molar-refractivity contribution >= 4 is 29.3 Å². The van der Waals surface area contributed by atoms with E-state index in [4.69, 9.17) is 4.74 Å². The third-order valence-electron chi connectivity index (χ3n) is 6.69. The molecule has 0 aromatic heterocycles. The fourth-order valence-corrected chi connectivity index (χ4v) is 5.29. The Hall–Kier alpha value is -3.39. The largest absolute Gasteiger partial charge is 0.465 e. The first kappa shape index (κ1) is 23.8. The molecule has 1 N–H and O–H groups in total. The first-order valence-corrected chi connectivity index (χ1v) is 11.4. The normalized spacial score (nSPS) is 26.0. The minimum atomic E-state index is -1.48. The van der Waals surface area contributed by atoms with Gasteiger partial charge in [0.05, 0.1) is 24.1 Å². The third kappa shape index (κ3) is 3.62. The molecule has 2 heterocycles. The second-order valence-corrected chi connectivity index (χ2v) is 8.71. The smallest absolute Gasteiger partial charge is 0.327 e. The van der Waals surface area contributed by atoms with Crippen molar-refractivity contribution in [2.24, 2.45) is 11.8 Å². The monoisotopic (exact) mass is 466 g/mol. The van der Waals surface area contributed by atoms with Crippen molar-refractivity contribution in [1.29, 1.82) is 0 Å². The highest BCUT2D eigenvalue weighted by molar-refractivity contribution is 6.24. The molecule has 4 atom stereocenters. The summed E-state index contributed by atoms with van der Waals surface area (Å²) in [7, 11) is 0. The van der Waals surface area contributed by atoms with Gasteiger partial charge in [-0.25, -0.2) is 9.29 Å². The molecule has 0 saturated carbocycles. The van der Waals surface area contributed by atoms with E-state index in [0.717, 1.165) is 4.90 Å². The number of ketones is 1. The maximum absolute atomic E-state index is 14.9. The number of imide groups is 1. The molecule has 0 unspecified atom stereocenters. The zero-order chi connectivity index (χ0) is 24.6. The van der Waals surface area contributed by atoms with Gasteiger partial charge in [-0.2, -0.15) is 0 Å². The van der Waals surface area contributed by atoms with Crippen molar-refractivity contribution in [3.05, 3.63) is 65.5 Å². The molecule has 2 aromatic rings.